The lowest BCUT2D eigenvalue weighted by molar-refractivity contribution is 1.19. The Balaban J connectivity index is 1.87. The summed E-state index contributed by atoms with van der Waals surface area (Å²) in [6, 6.07) is 12.2. The van der Waals surface area contributed by atoms with Gasteiger partial charge in [-0.05, 0) is 23.6 Å². The molecule has 0 N–H and O–H groups in total. The third-order valence-electron chi connectivity index (χ3n) is 2.45. The number of allylic oxidation sites excluding steroid dienone is 3. The molecule has 0 radical (unpaired) electrons. The number of aromatic nitrogens is 1. The van der Waals surface area contributed by atoms with Crippen molar-refractivity contribution in [2.24, 2.45) is 0 Å². The summed E-state index contributed by atoms with van der Waals surface area (Å²) in [5.74, 6) is 0. The minimum Gasteiger partial charge on any atom is -0.263 e. The second-order valence-electron chi connectivity index (χ2n) is 3.91. The standard InChI is InChI=1S/C16H14ClN/c17-16-11-15(12-18-13-16)10-6-2-5-9-14-7-3-1-4-8-14/h1-9,11-13H,10H2. The van der Waals surface area contributed by atoms with Crippen LogP contribution in [0.4, 0.5) is 0 Å². The fourth-order valence-corrected chi connectivity index (χ4v) is 1.78. The van der Waals surface area contributed by atoms with Gasteiger partial charge in [0.15, 0.2) is 0 Å². The highest BCUT2D eigenvalue weighted by molar-refractivity contribution is 6.30. The van der Waals surface area contributed by atoms with Crippen LogP contribution in [0.15, 0.2) is 67.0 Å². The molecule has 0 aliphatic carbocycles. The zero-order chi connectivity index (χ0) is 12.6. The molecule has 1 nitrogen and oxygen atoms in total. The zero-order valence-corrected chi connectivity index (χ0v) is 10.7. The van der Waals surface area contributed by atoms with E-state index in [1.54, 1.807) is 6.20 Å². The molecule has 1 aromatic carbocycles. The molecule has 18 heavy (non-hydrogen) atoms. The Labute approximate surface area is 112 Å². The minimum atomic E-state index is 0.681. The number of nitrogens with zero attached hydrogens (tertiary/aromatic N) is 1. The van der Waals surface area contributed by atoms with Crippen LogP contribution in [0.1, 0.15) is 11.1 Å². The quantitative estimate of drug-likeness (QED) is 0.731. The number of hydrogen-bond donors (Lipinski definition) is 0. The van der Waals surface area contributed by atoms with Gasteiger partial charge in [-0.1, -0.05) is 66.2 Å². The smallest absolute Gasteiger partial charge is 0.0592 e. The summed E-state index contributed by atoms with van der Waals surface area (Å²) in [4.78, 5) is 4.05. The molecule has 0 atom stereocenters. The first-order valence-corrected chi connectivity index (χ1v) is 6.20. The molecular weight excluding hydrogens is 242 g/mol. The average Bonchev–Trinajstić information content (AvgIpc) is 2.40. The van der Waals surface area contributed by atoms with Gasteiger partial charge in [0.05, 0.1) is 5.02 Å². The number of hydrogen-bond acceptors (Lipinski definition) is 1. The van der Waals surface area contributed by atoms with Gasteiger partial charge in [-0.3, -0.25) is 4.98 Å². The van der Waals surface area contributed by atoms with Gasteiger partial charge in [0, 0.05) is 12.4 Å². The number of benzene rings is 1. The molecule has 0 aliphatic rings. The molecule has 0 amide bonds. The van der Waals surface area contributed by atoms with E-state index in [1.165, 1.54) is 5.56 Å². The Hall–Kier alpha value is -1.86. The first-order valence-electron chi connectivity index (χ1n) is 5.82. The maximum atomic E-state index is 5.86. The van der Waals surface area contributed by atoms with E-state index in [4.69, 9.17) is 11.6 Å². The van der Waals surface area contributed by atoms with Crippen molar-refractivity contribution in [1.29, 1.82) is 0 Å². The second kappa shape index (κ2) is 6.77. The highest BCUT2D eigenvalue weighted by Crippen LogP contribution is 2.09. The lowest BCUT2D eigenvalue weighted by atomic mass is 10.2. The summed E-state index contributed by atoms with van der Waals surface area (Å²) in [5.41, 5.74) is 2.32. The van der Waals surface area contributed by atoms with Crippen molar-refractivity contribution >= 4 is 17.7 Å². The van der Waals surface area contributed by atoms with E-state index in [9.17, 15) is 0 Å². The molecule has 0 unspecified atom stereocenters. The molecule has 2 rings (SSSR count). The summed E-state index contributed by atoms with van der Waals surface area (Å²) in [7, 11) is 0. The highest BCUT2D eigenvalue weighted by atomic mass is 35.5. The molecule has 0 saturated carbocycles. The summed E-state index contributed by atoms with van der Waals surface area (Å²) < 4.78 is 0. The molecule has 0 spiro atoms. The number of rotatable bonds is 4. The van der Waals surface area contributed by atoms with E-state index in [-0.39, 0.29) is 0 Å². The van der Waals surface area contributed by atoms with E-state index >= 15 is 0 Å². The van der Waals surface area contributed by atoms with Crippen LogP contribution >= 0.6 is 11.6 Å². The van der Waals surface area contributed by atoms with E-state index in [1.807, 2.05) is 42.6 Å². The third-order valence-corrected chi connectivity index (χ3v) is 2.66. The van der Waals surface area contributed by atoms with Crippen LogP contribution in [0.5, 0.6) is 0 Å². The largest absolute Gasteiger partial charge is 0.263 e. The molecular formula is C16H14ClN. The van der Waals surface area contributed by atoms with Crippen LogP contribution in [0.2, 0.25) is 5.02 Å². The number of pyridine rings is 1. The van der Waals surface area contributed by atoms with Crippen molar-refractivity contribution in [3.63, 3.8) is 0 Å². The topological polar surface area (TPSA) is 12.9 Å². The van der Waals surface area contributed by atoms with Gasteiger partial charge >= 0.3 is 0 Å². The molecule has 2 aromatic rings. The van der Waals surface area contributed by atoms with Gasteiger partial charge in [-0.2, -0.15) is 0 Å². The molecule has 1 aromatic heterocycles. The first kappa shape index (κ1) is 12.6. The van der Waals surface area contributed by atoms with E-state index in [2.05, 4.69) is 29.3 Å². The fourth-order valence-electron chi connectivity index (χ4n) is 1.58. The molecule has 0 aliphatic heterocycles. The van der Waals surface area contributed by atoms with E-state index in [0.717, 1.165) is 12.0 Å². The molecule has 90 valence electrons. The van der Waals surface area contributed by atoms with E-state index in [0.29, 0.717) is 5.02 Å². The number of halogens is 1. The Kier molecular flexibility index (Phi) is 4.74. The van der Waals surface area contributed by atoms with Crippen molar-refractivity contribution in [3.05, 3.63) is 83.2 Å². The van der Waals surface area contributed by atoms with Crippen molar-refractivity contribution in [1.82, 2.24) is 4.98 Å². The average molecular weight is 256 g/mol. The second-order valence-corrected chi connectivity index (χ2v) is 4.35. The monoisotopic (exact) mass is 255 g/mol. The Morgan fingerprint density at radius 2 is 1.89 bits per heavy atom. The van der Waals surface area contributed by atoms with Crippen LogP contribution in [0.25, 0.3) is 6.08 Å². The molecule has 0 bridgehead atoms. The van der Waals surface area contributed by atoms with Crippen LogP contribution in [-0.2, 0) is 6.42 Å². The lowest BCUT2D eigenvalue weighted by Crippen LogP contribution is -1.82. The van der Waals surface area contributed by atoms with Crippen molar-refractivity contribution < 1.29 is 0 Å². The molecule has 0 fully saturated rings. The fraction of sp³-hybridized carbons (Fsp3) is 0.0625. The predicted octanol–water partition coefficient (Wildman–Crippen LogP) is 4.55. The van der Waals surface area contributed by atoms with Gasteiger partial charge in [0.25, 0.3) is 0 Å². The normalized spacial score (nSPS) is 11.4. The van der Waals surface area contributed by atoms with Gasteiger partial charge < -0.3 is 0 Å². The lowest BCUT2D eigenvalue weighted by Gasteiger charge is -1.95. The summed E-state index contributed by atoms with van der Waals surface area (Å²) >= 11 is 5.86. The van der Waals surface area contributed by atoms with Crippen LogP contribution in [0.3, 0.4) is 0 Å². The molecule has 0 saturated heterocycles. The SMILES string of the molecule is Clc1cncc(CC=CC=Cc2ccccc2)c1. The summed E-state index contributed by atoms with van der Waals surface area (Å²) in [5, 5.41) is 0.681. The molecule has 2 heteroatoms. The van der Waals surface area contributed by atoms with Crippen LogP contribution in [0, 0.1) is 0 Å². The van der Waals surface area contributed by atoms with Gasteiger partial charge in [-0.25, -0.2) is 0 Å². The van der Waals surface area contributed by atoms with Gasteiger partial charge in [0.2, 0.25) is 0 Å². The van der Waals surface area contributed by atoms with Gasteiger partial charge in [0.1, 0.15) is 0 Å². The minimum absolute atomic E-state index is 0.681. The highest BCUT2D eigenvalue weighted by Gasteiger charge is 1.91. The van der Waals surface area contributed by atoms with E-state index < -0.39 is 0 Å². The summed E-state index contributed by atoms with van der Waals surface area (Å²) in [6.07, 6.45) is 12.6. The van der Waals surface area contributed by atoms with Crippen molar-refractivity contribution in [3.8, 4) is 0 Å². The predicted molar refractivity (Wildman–Crippen MR) is 77.6 cm³/mol. The maximum Gasteiger partial charge on any atom is 0.0592 e. The Morgan fingerprint density at radius 3 is 2.67 bits per heavy atom. The van der Waals surface area contributed by atoms with Crippen molar-refractivity contribution in [2.75, 3.05) is 0 Å². The Bertz CT molecular complexity index is 544. The van der Waals surface area contributed by atoms with Crippen LogP contribution < -0.4 is 0 Å². The molecule has 1 heterocycles. The van der Waals surface area contributed by atoms with Gasteiger partial charge in [-0.15, -0.1) is 0 Å². The first-order chi connectivity index (χ1) is 8.84. The Morgan fingerprint density at radius 1 is 1.06 bits per heavy atom. The third kappa shape index (κ3) is 4.19. The zero-order valence-electron chi connectivity index (χ0n) is 9.96. The van der Waals surface area contributed by atoms with Crippen LogP contribution in [-0.4, -0.2) is 4.98 Å². The summed E-state index contributed by atoms with van der Waals surface area (Å²) in [6.45, 7) is 0. The maximum absolute atomic E-state index is 5.86. The van der Waals surface area contributed by atoms with Crippen molar-refractivity contribution in [2.45, 2.75) is 6.42 Å².